The summed E-state index contributed by atoms with van der Waals surface area (Å²) in [5, 5.41) is 3.24. The topological polar surface area (TPSA) is 48.5 Å². The smallest absolute Gasteiger partial charge is 0.317 e. The Bertz CT molecular complexity index is 611. The number of hydrogen-bond acceptors (Lipinski definition) is 3. The molecule has 5 nitrogen and oxygen atoms in total. The predicted molar refractivity (Wildman–Crippen MR) is 112 cm³/mol. The highest BCUT2D eigenvalue weighted by molar-refractivity contribution is 5.74. The maximum Gasteiger partial charge on any atom is 0.317 e. The van der Waals surface area contributed by atoms with Gasteiger partial charge in [-0.25, -0.2) is 4.79 Å². The molecule has 1 spiro atoms. The van der Waals surface area contributed by atoms with Gasteiger partial charge in [0.15, 0.2) is 0 Å². The maximum absolute atomic E-state index is 12.6. The molecule has 3 fully saturated rings. The second-order valence-electron chi connectivity index (χ2n) is 9.31. The largest absolute Gasteiger partial charge is 0.338 e. The van der Waals surface area contributed by atoms with Gasteiger partial charge in [0.2, 0.25) is 0 Å². The first kappa shape index (κ1) is 19.7. The first-order valence-electron chi connectivity index (χ1n) is 11.4. The molecule has 0 radical (unpaired) electrons. The lowest BCUT2D eigenvalue weighted by molar-refractivity contribution is 0.0804. The second-order valence-corrected chi connectivity index (χ2v) is 9.31. The van der Waals surface area contributed by atoms with Crippen LogP contribution in [0.5, 0.6) is 0 Å². The molecule has 1 N–H and O–H groups in total. The Morgan fingerprint density at radius 2 is 1.68 bits per heavy atom. The van der Waals surface area contributed by atoms with E-state index in [1.165, 1.54) is 63.4 Å². The molecule has 0 unspecified atom stereocenters. The Balaban J connectivity index is 1.14. The lowest BCUT2D eigenvalue weighted by Crippen LogP contribution is -2.49. The van der Waals surface area contributed by atoms with Crippen molar-refractivity contribution in [3.8, 4) is 0 Å². The quantitative estimate of drug-likeness (QED) is 0.852. The van der Waals surface area contributed by atoms with E-state index in [9.17, 15) is 4.79 Å². The van der Waals surface area contributed by atoms with Crippen LogP contribution in [0.2, 0.25) is 0 Å². The summed E-state index contributed by atoms with van der Waals surface area (Å²) in [5.74, 6) is 0.618. The molecule has 5 heteroatoms. The van der Waals surface area contributed by atoms with Crippen molar-refractivity contribution in [2.45, 2.75) is 64.3 Å². The number of pyridine rings is 1. The summed E-state index contributed by atoms with van der Waals surface area (Å²) in [7, 11) is 0. The van der Waals surface area contributed by atoms with Gasteiger partial charge >= 0.3 is 6.03 Å². The molecule has 0 bridgehead atoms. The van der Waals surface area contributed by atoms with Crippen molar-refractivity contribution in [1.29, 1.82) is 0 Å². The van der Waals surface area contributed by atoms with E-state index in [0.29, 0.717) is 11.3 Å². The fraction of sp³-hybridized carbons (Fsp3) is 0.739. The molecule has 154 valence electrons. The van der Waals surface area contributed by atoms with Crippen LogP contribution in [0.3, 0.4) is 0 Å². The van der Waals surface area contributed by atoms with Crippen molar-refractivity contribution < 1.29 is 4.79 Å². The van der Waals surface area contributed by atoms with Crippen LogP contribution in [0.15, 0.2) is 24.5 Å². The van der Waals surface area contributed by atoms with Gasteiger partial charge in [-0.2, -0.15) is 0 Å². The number of nitrogens with one attached hydrogen (secondary N) is 1. The van der Waals surface area contributed by atoms with E-state index in [0.717, 1.165) is 39.3 Å². The first-order valence-corrected chi connectivity index (χ1v) is 11.4. The van der Waals surface area contributed by atoms with E-state index in [2.05, 4.69) is 32.2 Å². The Morgan fingerprint density at radius 1 is 1.00 bits per heavy atom. The van der Waals surface area contributed by atoms with Gasteiger partial charge in [-0.1, -0.05) is 19.3 Å². The highest BCUT2D eigenvalue weighted by Crippen LogP contribution is 2.44. The Hall–Kier alpha value is -1.62. The van der Waals surface area contributed by atoms with Crippen LogP contribution in [0, 0.1) is 11.3 Å². The molecule has 0 atom stereocenters. The number of amides is 2. The molecule has 28 heavy (non-hydrogen) atoms. The van der Waals surface area contributed by atoms with E-state index in [4.69, 9.17) is 0 Å². The van der Waals surface area contributed by atoms with Crippen molar-refractivity contribution in [3.63, 3.8) is 0 Å². The van der Waals surface area contributed by atoms with Crippen molar-refractivity contribution >= 4 is 6.03 Å². The monoisotopic (exact) mass is 384 g/mol. The summed E-state index contributed by atoms with van der Waals surface area (Å²) < 4.78 is 0. The standard InChI is InChI=1S/C23H36N4O/c28-22(27-16-10-23(11-17-27)8-2-1-3-9-23)25-18-20-6-14-26(15-7-20)19-21-4-12-24-13-5-21/h4-5,12-13,20H,1-3,6-11,14-19H2,(H,25,28). The SMILES string of the molecule is O=C(NCC1CCN(Cc2ccncc2)CC1)N1CCC2(CCCCC2)CC1. The summed E-state index contributed by atoms with van der Waals surface area (Å²) in [4.78, 5) is 21.3. The average molecular weight is 385 g/mol. The third kappa shape index (κ3) is 5.05. The van der Waals surface area contributed by atoms with Crippen LogP contribution >= 0.6 is 0 Å². The molecule has 2 amide bonds. The Labute approximate surface area is 169 Å². The zero-order valence-corrected chi connectivity index (χ0v) is 17.2. The highest BCUT2D eigenvalue weighted by Gasteiger charge is 2.36. The maximum atomic E-state index is 12.6. The zero-order chi connectivity index (χ0) is 19.2. The summed E-state index contributed by atoms with van der Waals surface area (Å²) >= 11 is 0. The first-order chi connectivity index (χ1) is 13.7. The van der Waals surface area contributed by atoms with E-state index in [1.807, 2.05) is 12.4 Å². The van der Waals surface area contributed by atoms with Crippen LogP contribution in [0.1, 0.15) is 63.4 Å². The van der Waals surface area contributed by atoms with Crippen LogP contribution in [-0.2, 0) is 6.54 Å². The minimum Gasteiger partial charge on any atom is -0.338 e. The third-order valence-corrected chi connectivity index (χ3v) is 7.43. The lowest BCUT2D eigenvalue weighted by Gasteiger charge is -2.44. The summed E-state index contributed by atoms with van der Waals surface area (Å²) in [5.41, 5.74) is 1.90. The summed E-state index contributed by atoms with van der Waals surface area (Å²) in [6, 6.07) is 4.37. The van der Waals surface area contributed by atoms with E-state index in [1.54, 1.807) is 0 Å². The summed E-state index contributed by atoms with van der Waals surface area (Å²) in [6.07, 6.45) is 15.5. The molecule has 0 aromatic carbocycles. The van der Waals surface area contributed by atoms with Gasteiger partial charge in [0.1, 0.15) is 0 Å². The average Bonchev–Trinajstić information content (AvgIpc) is 2.75. The Kier molecular flexibility index (Phi) is 6.50. The van der Waals surface area contributed by atoms with Gasteiger partial charge < -0.3 is 10.2 Å². The molecule has 4 rings (SSSR count). The Morgan fingerprint density at radius 3 is 2.36 bits per heavy atom. The molecular formula is C23H36N4O. The van der Waals surface area contributed by atoms with Crippen LogP contribution in [0.4, 0.5) is 4.79 Å². The zero-order valence-electron chi connectivity index (χ0n) is 17.2. The minimum absolute atomic E-state index is 0.171. The molecule has 1 aromatic heterocycles. The van der Waals surface area contributed by atoms with Gasteiger partial charge in [0.25, 0.3) is 0 Å². The number of carbonyl (C=O) groups is 1. The minimum atomic E-state index is 0.171. The fourth-order valence-corrected chi connectivity index (χ4v) is 5.42. The van der Waals surface area contributed by atoms with E-state index < -0.39 is 0 Å². The highest BCUT2D eigenvalue weighted by atomic mass is 16.2. The number of piperidine rings is 2. The number of likely N-dealkylation sites (tertiary alicyclic amines) is 2. The lowest BCUT2D eigenvalue weighted by atomic mass is 9.68. The van der Waals surface area contributed by atoms with Crippen molar-refractivity contribution in [2.24, 2.45) is 11.3 Å². The van der Waals surface area contributed by atoms with Crippen LogP contribution < -0.4 is 5.32 Å². The number of rotatable bonds is 4. The van der Waals surface area contributed by atoms with Gasteiger partial charge in [-0.15, -0.1) is 0 Å². The van der Waals surface area contributed by atoms with Crippen molar-refractivity contribution in [1.82, 2.24) is 20.1 Å². The van der Waals surface area contributed by atoms with Gasteiger partial charge in [0.05, 0.1) is 0 Å². The number of hydrogen-bond donors (Lipinski definition) is 1. The predicted octanol–water partition coefficient (Wildman–Crippen LogP) is 4.05. The van der Waals surface area contributed by atoms with E-state index in [-0.39, 0.29) is 6.03 Å². The number of carbonyl (C=O) groups excluding carboxylic acids is 1. The molecule has 1 saturated carbocycles. The molecule has 1 aliphatic carbocycles. The fourth-order valence-electron chi connectivity index (χ4n) is 5.42. The number of aromatic nitrogens is 1. The molecular weight excluding hydrogens is 348 g/mol. The number of nitrogens with zero attached hydrogens (tertiary/aromatic N) is 3. The molecule has 2 aliphatic heterocycles. The van der Waals surface area contributed by atoms with Gasteiger partial charge in [-0.05, 0) is 80.6 Å². The molecule has 1 aromatic rings. The summed E-state index contributed by atoms with van der Waals surface area (Å²) in [6.45, 7) is 6.00. The van der Waals surface area contributed by atoms with Gasteiger partial charge in [-0.3, -0.25) is 9.88 Å². The second kappa shape index (κ2) is 9.25. The van der Waals surface area contributed by atoms with Crippen LogP contribution in [0.25, 0.3) is 0 Å². The van der Waals surface area contributed by atoms with E-state index >= 15 is 0 Å². The molecule has 3 aliphatic rings. The molecule has 3 heterocycles. The van der Waals surface area contributed by atoms with Crippen molar-refractivity contribution in [3.05, 3.63) is 30.1 Å². The molecule has 2 saturated heterocycles. The van der Waals surface area contributed by atoms with Crippen LogP contribution in [-0.4, -0.2) is 53.5 Å². The normalized spacial score (nSPS) is 23.6. The third-order valence-electron chi connectivity index (χ3n) is 7.43. The number of urea groups is 1. The van der Waals surface area contributed by atoms with Gasteiger partial charge in [0, 0.05) is 38.6 Å². The van der Waals surface area contributed by atoms with Crippen molar-refractivity contribution in [2.75, 3.05) is 32.7 Å².